The quantitative estimate of drug-likeness (QED) is 0.706. The van der Waals surface area contributed by atoms with Crippen LogP contribution in [-0.4, -0.2) is 51.9 Å². The van der Waals surface area contributed by atoms with Crippen LogP contribution in [0.4, 0.5) is 0 Å². The molecule has 0 bridgehead atoms. The van der Waals surface area contributed by atoms with Gasteiger partial charge in [-0.05, 0) is 50.4 Å². The number of fused-ring (bicyclic) bond motifs is 1. The second-order valence-corrected chi connectivity index (χ2v) is 8.48. The highest BCUT2D eigenvalue weighted by Crippen LogP contribution is 2.27. The number of likely N-dealkylation sites (tertiary alicyclic amines) is 1. The van der Waals surface area contributed by atoms with E-state index in [9.17, 15) is 9.59 Å². The van der Waals surface area contributed by atoms with E-state index < -0.39 is 0 Å². The zero-order valence-electron chi connectivity index (χ0n) is 18.0. The maximum Gasteiger partial charge on any atom is 0.274 e. The highest BCUT2D eigenvalue weighted by molar-refractivity contribution is 6.05. The van der Waals surface area contributed by atoms with Crippen molar-refractivity contribution in [2.75, 3.05) is 26.7 Å². The number of nitrogens with zero attached hydrogens (tertiary/aromatic N) is 3. The molecule has 6 heteroatoms. The second kappa shape index (κ2) is 8.48. The fourth-order valence-corrected chi connectivity index (χ4v) is 4.58. The largest absolute Gasteiger partial charge is 0.357 e. The Bertz CT molecular complexity index is 1080. The van der Waals surface area contributed by atoms with Crippen LogP contribution in [0.5, 0.6) is 0 Å². The van der Waals surface area contributed by atoms with Gasteiger partial charge in [0, 0.05) is 44.5 Å². The lowest BCUT2D eigenvalue weighted by Crippen LogP contribution is -2.40. The number of aryl methyl sites for hydroxylation is 1. The molecule has 3 aromatic rings. The highest BCUT2D eigenvalue weighted by Gasteiger charge is 2.26. The number of aromatic nitrogens is 2. The van der Waals surface area contributed by atoms with E-state index in [0.717, 1.165) is 32.5 Å². The number of carbonyl (C=O) groups excluding carboxylic acids is 1. The first-order valence-corrected chi connectivity index (χ1v) is 10.7. The van der Waals surface area contributed by atoms with Crippen molar-refractivity contribution in [1.82, 2.24) is 19.4 Å². The molecule has 2 aromatic heterocycles. The Balaban J connectivity index is 1.39. The van der Waals surface area contributed by atoms with Crippen LogP contribution in [0.2, 0.25) is 0 Å². The Morgan fingerprint density at radius 1 is 1.20 bits per heavy atom. The number of pyridine rings is 1. The summed E-state index contributed by atoms with van der Waals surface area (Å²) in [4.78, 5) is 32.7. The molecule has 1 atom stereocenters. The van der Waals surface area contributed by atoms with Crippen molar-refractivity contribution >= 4 is 16.8 Å². The summed E-state index contributed by atoms with van der Waals surface area (Å²) in [6.45, 7) is 5.10. The molecule has 158 valence electrons. The molecule has 1 saturated heterocycles. The van der Waals surface area contributed by atoms with E-state index in [4.69, 9.17) is 0 Å². The fourth-order valence-electron chi connectivity index (χ4n) is 4.58. The lowest BCUT2D eigenvalue weighted by molar-refractivity contribution is 0.0722. The molecule has 1 aliphatic rings. The number of rotatable bonds is 5. The number of piperidine rings is 1. The highest BCUT2D eigenvalue weighted by atomic mass is 16.2. The van der Waals surface area contributed by atoms with Crippen LogP contribution in [0.1, 0.15) is 41.7 Å². The minimum absolute atomic E-state index is 0.0321. The van der Waals surface area contributed by atoms with Gasteiger partial charge in [-0.3, -0.25) is 14.5 Å². The number of aromatic amines is 1. The molecular weight excluding hydrogens is 376 g/mol. The number of hydrogen-bond donors (Lipinski definition) is 1. The molecule has 1 amide bonds. The molecule has 4 rings (SSSR count). The van der Waals surface area contributed by atoms with Crippen LogP contribution in [0.15, 0.2) is 53.6 Å². The molecule has 0 spiro atoms. The van der Waals surface area contributed by atoms with Gasteiger partial charge >= 0.3 is 0 Å². The van der Waals surface area contributed by atoms with Crippen molar-refractivity contribution < 1.29 is 4.79 Å². The van der Waals surface area contributed by atoms with Crippen LogP contribution >= 0.6 is 0 Å². The first-order valence-electron chi connectivity index (χ1n) is 10.7. The molecule has 0 saturated carbocycles. The van der Waals surface area contributed by atoms with Crippen LogP contribution in [0.3, 0.4) is 0 Å². The molecule has 1 aliphatic heterocycles. The van der Waals surface area contributed by atoms with Crippen molar-refractivity contribution in [2.24, 2.45) is 13.0 Å². The Kier molecular flexibility index (Phi) is 5.77. The van der Waals surface area contributed by atoms with Crippen molar-refractivity contribution in [3.05, 3.63) is 70.3 Å². The normalized spacial score (nSPS) is 16.6. The number of benzene rings is 1. The summed E-state index contributed by atoms with van der Waals surface area (Å²) in [7, 11) is 3.55. The van der Waals surface area contributed by atoms with Gasteiger partial charge in [0.25, 0.3) is 11.5 Å². The molecule has 1 aromatic carbocycles. The maximum atomic E-state index is 13.1. The number of nitrogens with one attached hydrogen (secondary N) is 1. The van der Waals surface area contributed by atoms with Crippen molar-refractivity contribution in [3.8, 4) is 0 Å². The summed E-state index contributed by atoms with van der Waals surface area (Å²) in [6.07, 6.45) is 5.54. The average molecular weight is 407 g/mol. The molecule has 0 radical (unpaired) electrons. The Labute approximate surface area is 177 Å². The Morgan fingerprint density at radius 3 is 2.60 bits per heavy atom. The summed E-state index contributed by atoms with van der Waals surface area (Å²) < 4.78 is 1.48. The molecular formula is C24H30N4O2. The Morgan fingerprint density at radius 2 is 1.90 bits per heavy atom. The summed E-state index contributed by atoms with van der Waals surface area (Å²) in [5.41, 5.74) is 2.30. The van der Waals surface area contributed by atoms with Crippen molar-refractivity contribution in [1.29, 1.82) is 0 Å². The van der Waals surface area contributed by atoms with Crippen LogP contribution in [-0.2, 0) is 7.05 Å². The third-order valence-electron chi connectivity index (χ3n) is 6.48. The molecule has 6 nitrogen and oxygen atoms in total. The van der Waals surface area contributed by atoms with Gasteiger partial charge < -0.3 is 14.5 Å². The van der Waals surface area contributed by atoms with E-state index in [1.807, 2.05) is 11.9 Å². The van der Waals surface area contributed by atoms with Gasteiger partial charge in [0.2, 0.25) is 0 Å². The molecule has 1 unspecified atom stereocenters. The zero-order chi connectivity index (χ0) is 21.3. The molecule has 0 aliphatic carbocycles. The van der Waals surface area contributed by atoms with Crippen molar-refractivity contribution in [2.45, 2.75) is 25.8 Å². The number of carbonyl (C=O) groups is 1. The summed E-state index contributed by atoms with van der Waals surface area (Å²) in [6, 6.07) is 12.9. The van der Waals surface area contributed by atoms with E-state index in [1.165, 1.54) is 10.1 Å². The fraction of sp³-hybridized carbons (Fsp3) is 0.417. The van der Waals surface area contributed by atoms with Crippen LogP contribution in [0.25, 0.3) is 10.9 Å². The molecule has 1 N–H and O–H groups in total. The van der Waals surface area contributed by atoms with Gasteiger partial charge in [-0.25, -0.2) is 0 Å². The summed E-state index contributed by atoms with van der Waals surface area (Å²) >= 11 is 0. The SMILES string of the molecule is CC(c1ccccc1)N1CCC(CN(C)C(=O)c2cn(C)c(=O)c3[nH]ccc23)CC1. The predicted molar refractivity (Wildman–Crippen MR) is 120 cm³/mol. The first kappa shape index (κ1) is 20.4. The lowest BCUT2D eigenvalue weighted by Gasteiger charge is -2.37. The standard InChI is InChI=1S/C24H30N4O2/c1-17(19-7-5-4-6-8-19)28-13-10-18(11-14-28)15-26(2)23(29)21-16-27(3)24(30)22-20(21)9-12-25-22/h4-9,12,16-18,25H,10-11,13-15H2,1-3H3. The lowest BCUT2D eigenvalue weighted by atomic mass is 9.94. The van der Waals surface area contributed by atoms with Gasteiger partial charge in [-0.15, -0.1) is 0 Å². The number of amides is 1. The predicted octanol–water partition coefficient (Wildman–Crippen LogP) is 3.41. The van der Waals surface area contributed by atoms with E-state index in [0.29, 0.717) is 28.4 Å². The second-order valence-electron chi connectivity index (χ2n) is 8.48. The minimum Gasteiger partial charge on any atom is -0.357 e. The van der Waals surface area contributed by atoms with E-state index >= 15 is 0 Å². The van der Waals surface area contributed by atoms with Crippen LogP contribution in [0, 0.1) is 5.92 Å². The van der Waals surface area contributed by atoms with E-state index in [-0.39, 0.29) is 11.5 Å². The summed E-state index contributed by atoms with van der Waals surface area (Å²) in [5, 5.41) is 0.696. The van der Waals surface area contributed by atoms with Gasteiger partial charge in [0.05, 0.1) is 5.56 Å². The van der Waals surface area contributed by atoms with Crippen molar-refractivity contribution in [3.63, 3.8) is 0 Å². The zero-order valence-corrected chi connectivity index (χ0v) is 18.0. The smallest absolute Gasteiger partial charge is 0.274 e. The average Bonchev–Trinajstić information content (AvgIpc) is 3.26. The number of hydrogen-bond acceptors (Lipinski definition) is 3. The van der Waals surface area contributed by atoms with E-state index in [1.54, 1.807) is 25.5 Å². The van der Waals surface area contributed by atoms with Gasteiger partial charge in [-0.2, -0.15) is 0 Å². The Hall–Kier alpha value is -2.86. The van der Waals surface area contributed by atoms with Gasteiger partial charge in [0.1, 0.15) is 5.52 Å². The topological polar surface area (TPSA) is 61.3 Å². The third-order valence-corrected chi connectivity index (χ3v) is 6.48. The van der Waals surface area contributed by atoms with Crippen LogP contribution < -0.4 is 5.56 Å². The number of H-pyrrole nitrogens is 1. The maximum absolute atomic E-state index is 13.1. The first-order chi connectivity index (χ1) is 14.5. The summed E-state index contributed by atoms with van der Waals surface area (Å²) in [5.74, 6) is 0.461. The molecule has 1 fully saturated rings. The van der Waals surface area contributed by atoms with E-state index in [2.05, 4.69) is 47.1 Å². The van der Waals surface area contributed by atoms with Gasteiger partial charge in [0.15, 0.2) is 0 Å². The molecule has 30 heavy (non-hydrogen) atoms. The van der Waals surface area contributed by atoms with Gasteiger partial charge in [-0.1, -0.05) is 30.3 Å². The minimum atomic E-state index is -0.117. The third kappa shape index (κ3) is 3.92. The monoisotopic (exact) mass is 406 g/mol. The molecule has 3 heterocycles.